The van der Waals surface area contributed by atoms with Crippen LogP contribution < -0.4 is 5.73 Å². The molecule has 19 heavy (non-hydrogen) atoms. The van der Waals surface area contributed by atoms with E-state index < -0.39 is 20.6 Å². The third-order valence-corrected chi connectivity index (χ3v) is 4.87. The Morgan fingerprint density at radius 2 is 2.00 bits per heavy atom. The molecule has 106 valence electrons. The molecule has 0 saturated carbocycles. The molecule has 0 saturated heterocycles. The molecular formula is C11H17N3O4S. The Morgan fingerprint density at radius 1 is 1.42 bits per heavy atom. The summed E-state index contributed by atoms with van der Waals surface area (Å²) in [4.78, 5) is 9.88. The van der Waals surface area contributed by atoms with Gasteiger partial charge in [0.15, 0.2) is 4.90 Å². The van der Waals surface area contributed by atoms with E-state index in [2.05, 4.69) is 0 Å². The molecule has 1 aromatic rings. The van der Waals surface area contributed by atoms with E-state index in [0.717, 1.165) is 0 Å². The summed E-state index contributed by atoms with van der Waals surface area (Å²) < 4.78 is 26.1. The molecule has 0 heterocycles. The lowest BCUT2D eigenvalue weighted by Crippen LogP contribution is -2.37. The Morgan fingerprint density at radius 3 is 2.42 bits per heavy atom. The monoisotopic (exact) mass is 287 g/mol. The van der Waals surface area contributed by atoms with E-state index in [1.54, 1.807) is 20.8 Å². The highest BCUT2D eigenvalue weighted by atomic mass is 32.2. The predicted octanol–water partition coefficient (Wildman–Crippen LogP) is 1.60. The van der Waals surface area contributed by atoms with Crippen molar-refractivity contribution in [3.63, 3.8) is 0 Å². The van der Waals surface area contributed by atoms with E-state index in [9.17, 15) is 18.5 Å². The van der Waals surface area contributed by atoms with Crippen LogP contribution in [0.25, 0.3) is 0 Å². The van der Waals surface area contributed by atoms with Gasteiger partial charge in [-0.1, -0.05) is 13.0 Å². The molecule has 2 N–H and O–H groups in total. The van der Waals surface area contributed by atoms with E-state index in [0.29, 0.717) is 0 Å². The molecule has 7 nitrogen and oxygen atoms in total. The van der Waals surface area contributed by atoms with Gasteiger partial charge in [-0.15, -0.1) is 0 Å². The van der Waals surface area contributed by atoms with Crippen LogP contribution in [0.5, 0.6) is 0 Å². The highest BCUT2D eigenvalue weighted by Crippen LogP contribution is 2.32. The molecule has 0 aromatic heterocycles. The van der Waals surface area contributed by atoms with E-state index in [1.807, 2.05) is 0 Å². The second kappa shape index (κ2) is 5.54. The number of hydrogen-bond donors (Lipinski definition) is 1. The van der Waals surface area contributed by atoms with Gasteiger partial charge in [-0.2, -0.15) is 4.31 Å². The van der Waals surface area contributed by atoms with E-state index >= 15 is 0 Å². The first-order valence-electron chi connectivity index (χ1n) is 5.78. The molecule has 1 aromatic carbocycles. The lowest BCUT2D eigenvalue weighted by molar-refractivity contribution is -0.386. The van der Waals surface area contributed by atoms with E-state index in [-0.39, 0.29) is 23.2 Å². The largest absolute Gasteiger partial charge is 0.393 e. The maximum absolute atomic E-state index is 12.4. The third kappa shape index (κ3) is 2.85. The summed E-state index contributed by atoms with van der Waals surface area (Å²) in [6.45, 7) is 5.32. The number of benzene rings is 1. The number of hydrogen-bond acceptors (Lipinski definition) is 5. The molecular weight excluding hydrogens is 270 g/mol. The quantitative estimate of drug-likeness (QED) is 0.503. The van der Waals surface area contributed by atoms with Crippen molar-refractivity contribution in [1.82, 2.24) is 4.31 Å². The van der Waals surface area contributed by atoms with Gasteiger partial charge in [0.2, 0.25) is 10.0 Å². The summed E-state index contributed by atoms with van der Waals surface area (Å²) in [6.07, 6.45) is 0. The average Bonchev–Trinajstić information content (AvgIpc) is 2.27. The fourth-order valence-corrected chi connectivity index (χ4v) is 3.72. The lowest BCUT2D eigenvalue weighted by atomic mass is 10.3. The fraction of sp³-hybridized carbons (Fsp3) is 0.455. The minimum atomic E-state index is -3.94. The number of nitrogen functional groups attached to an aromatic ring is 1. The van der Waals surface area contributed by atoms with Crippen molar-refractivity contribution in [1.29, 1.82) is 0 Å². The molecule has 0 fully saturated rings. The Hall–Kier alpha value is -1.67. The van der Waals surface area contributed by atoms with Crippen LogP contribution in [0.1, 0.15) is 20.8 Å². The summed E-state index contributed by atoms with van der Waals surface area (Å²) in [5, 5.41) is 11.0. The lowest BCUT2D eigenvalue weighted by Gasteiger charge is -2.24. The number of anilines is 1. The first-order valence-corrected chi connectivity index (χ1v) is 7.22. The maximum atomic E-state index is 12.4. The van der Waals surface area contributed by atoms with Crippen LogP contribution in [0.3, 0.4) is 0 Å². The van der Waals surface area contributed by atoms with Gasteiger partial charge in [0, 0.05) is 12.6 Å². The Kier molecular flexibility index (Phi) is 4.48. The predicted molar refractivity (Wildman–Crippen MR) is 72.2 cm³/mol. The minimum absolute atomic E-state index is 0.161. The second-order valence-corrected chi connectivity index (χ2v) is 6.11. The zero-order valence-corrected chi connectivity index (χ0v) is 11.8. The number of nitro benzene ring substituents is 1. The number of nitrogens with two attached hydrogens (primary N) is 1. The normalized spacial score (nSPS) is 12.1. The number of nitrogens with zero attached hydrogens (tertiary/aromatic N) is 2. The van der Waals surface area contributed by atoms with Gasteiger partial charge in [0.1, 0.15) is 5.69 Å². The van der Waals surface area contributed by atoms with Crippen molar-refractivity contribution in [3.8, 4) is 0 Å². The maximum Gasteiger partial charge on any atom is 0.312 e. The highest BCUT2D eigenvalue weighted by Gasteiger charge is 2.33. The first kappa shape index (κ1) is 15.4. The van der Waals surface area contributed by atoms with Crippen LogP contribution in [0.4, 0.5) is 11.4 Å². The Labute approximate surface area is 112 Å². The number of nitro groups is 1. The molecule has 0 amide bonds. The minimum Gasteiger partial charge on any atom is -0.393 e. The van der Waals surface area contributed by atoms with Crippen LogP contribution in [0, 0.1) is 10.1 Å². The summed E-state index contributed by atoms with van der Waals surface area (Å²) >= 11 is 0. The van der Waals surface area contributed by atoms with Gasteiger partial charge in [-0.3, -0.25) is 10.1 Å². The Balaban J connectivity index is 3.54. The van der Waals surface area contributed by atoms with Crippen molar-refractivity contribution < 1.29 is 13.3 Å². The van der Waals surface area contributed by atoms with Crippen molar-refractivity contribution in [3.05, 3.63) is 28.3 Å². The first-order chi connectivity index (χ1) is 8.73. The summed E-state index contributed by atoms with van der Waals surface area (Å²) in [5.41, 5.74) is 4.78. The van der Waals surface area contributed by atoms with Crippen molar-refractivity contribution in [2.45, 2.75) is 31.7 Å². The van der Waals surface area contributed by atoms with Gasteiger partial charge in [0.25, 0.3) is 0 Å². The summed E-state index contributed by atoms with van der Waals surface area (Å²) in [5.74, 6) is 0. The van der Waals surface area contributed by atoms with Crippen molar-refractivity contribution in [2.24, 2.45) is 0 Å². The van der Waals surface area contributed by atoms with Gasteiger partial charge in [0.05, 0.1) is 4.92 Å². The summed E-state index contributed by atoms with van der Waals surface area (Å²) in [6, 6.07) is 3.61. The summed E-state index contributed by atoms with van der Waals surface area (Å²) in [7, 11) is -3.94. The molecule has 0 unspecified atom stereocenters. The molecule has 0 radical (unpaired) electrons. The molecule has 1 rings (SSSR count). The topological polar surface area (TPSA) is 107 Å². The molecule has 0 aliphatic carbocycles. The zero-order chi connectivity index (χ0) is 14.8. The molecule has 0 spiro atoms. The fourth-order valence-electron chi connectivity index (χ4n) is 1.88. The molecule has 8 heteroatoms. The van der Waals surface area contributed by atoms with Crippen LogP contribution >= 0.6 is 0 Å². The number of sulfonamides is 1. The second-order valence-electron chi connectivity index (χ2n) is 4.25. The van der Waals surface area contributed by atoms with Gasteiger partial charge in [-0.25, -0.2) is 8.42 Å². The molecule has 0 aliphatic rings. The van der Waals surface area contributed by atoms with Crippen molar-refractivity contribution >= 4 is 21.4 Å². The number of para-hydroxylation sites is 1. The Bertz CT molecular complexity index is 584. The highest BCUT2D eigenvalue weighted by molar-refractivity contribution is 7.89. The van der Waals surface area contributed by atoms with E-state index in [1.165, 1.54) is 22.5 Å². The van der Waals surface area contributed by atoms with E-state index in [4.69, 9.17) is 5.73 Å². The third-order valence-electron chi connectivity index (χ3n) is 2.69. The standard InChI is InChI=1S/C11H17N3O4S/c1-4-13(8(2)3)19(17,18)10-7-5-6-9(12)11(10)14(15)16/h5-8H,4,12H2,1-3H3. The zero-order valence-electron chi connectivity index (χ0n) is 11.0. The van der Waals surface area contributed by atoms with Crippen LogP contribution in [-0.2, 0) is 10.0 Å². The van der Waals surface area contributed by atoms with Gasteiger partial charge < -0.3 is 5.73 Å². The van der Waals surface area contributed by atoms with Crippen LogP contribution in [0.15, 0.2) is 23.1 Å². The van der Waals surface area contributed by atoms with Crippen LogP contribution in [0.2, 0.25) is 0 Å². The SMILES string of the molecule is CCN(C(C)C)S(=O)(=O)c1cccc(N)c1[N+](=O)[O-]. The average molecular weight is 287 g/mol. The van der Waals surface area contributed by atoms with Crippen molar-refractivity contribution in [2.75, 3.05) is 12.3 Å². The molecule has 0 atom stereocenters. The van der Waals surface area contributed by atoms with Gasteiger partial charge in [-0.05, 0) is 26.0 Å². The molecule has 0 bridgehead atoms. The number of rotatable bonds is 5. The smallest absolute Gasteiger partial charge is 0.312 e. The van der Waals surface area contributed by atoms with Crippen LogP contribution in [-0.4, -0.2) is 30.2 Å². The molecule has 0 aliphatic heterocycles. The van der Waals surface area contributed by atoms with Gasteiger partial charge >= 0.3 is 5.69 Å².